The van der Waals surface area contributed by atoms with E-state index in [1.165, 1.54) is 0 Å². The molecule has 0 bridgehead atoms. The second kappa shape index (κ2) is 5.29. The smallest absolute Gasteiger partial charge is 0.184 e. The summed E-state index contributed by atoms with van der Waals surface area (Å²) in [6, 6.07) is 7.44. The van der Waals surface area contributed by atoms with Gasteiger partial charge in [-0.2, -0.15) is 0 Å². The van der Waals surface area contributed by atoms with Crippen LogP contribution in [0, 0.1) is 5.92 Å². The van der Waals surface area contributed by atoms with Gasteiger partial charge in [0.2, 0.25) is 0 Å². The Bertz CT molecular complexity index is 374. The van der Waals surface area contributed by atoms with Crippen molar-refractivity contribution in [2.75, 3.05) is 13.7 Å². The highest BCUT2D eigenvalue weighted by atomic mass is 16.7. The molecule has 1 saturated heterocycles. The maximum atomic E-state index is 10.8. The molecular formula is C13H16O4. The van der Waals surface area contributed by atoms with Crippen LogP contribution in [0.25, 0.3) is 0 Å². The van der Waals surface area contributed by atoms with Gasteiger partial charge in [0.1, 0.15) is 18.1 Å². The quantitative estimate of drug-likeness (QED) is 0.752. The molecule has 1 aromatic rings. The van der Waals surface area contributed by atoms with Crippen LogP contribution >= 0.6 is 0 Å². The van der Waals surface area contributed by atoms with E-state index >= 15 is 0 Å². The fraction of sp³-hybridized carbons (Fsp3) is 0.462. The SMILES string of the molecule is COc1ccc([C@H]2OC[C@@H](C)[C@@H](C=O)O2)cc1. The number of methoxy groups -OCH3 is 1. The van der Waals surface area contributed by atoms with Crippen molar-refractivity contribution >= 4 is 6.29 Å². The van der Waals surface area contributed by atoms with E-state index in [0.29, 0.717) is 6.61 Å². The second-order valence-electron chi connectivity index (χ2n) is 4.15. The van der Waals surface area contributed by atoms with Crippen LogP contribution in [0.4, 0.5) is 0 Å². The van der Waals surface area contributed by atoms with Crippen molar-refractivity contribution in [3.63, 3.8) is 0 Å². The van der Waals surface area contributed by atoms with E-state index in [9.17, 15) is 4.79 Å². The van der Waals surface area contributed by atoms with E-state index in [-0.39, 0.29) is 5.92 Å². The Morgan fingerprint density at radius 3 is 2.65 bits per heavy atom. The molecule has 1 aliphatic rings. The van der Waals surface area contributed by atoms with E-state index < -0.39 is 12.4 Å². The number of benzene rings is 1. The zero-order valence-electron chi connectivity index (χ0n) is 9.96. The molecule has 0 aliphatic carbocycles. The Morgan fingerprint density at radius 2 is 2.06 bits per heavy atom. The first kappa shape index (κ1) is 12.1. The van der Waals surface area contributed by atoms with Crippen LogP contribution in [0.3, 0.4) is 0 Å². The largest absolute Gasteiger partial charge is 0.497 e. The zero-order chi connectivity index (χ0) is 12.3. The van der Waals surface area contributed by atoms with Gasteiger partial charge in [0.15, 0.2) is 6.29 Å². The standard InChI is InChI=1S/C13H16O4/c1-9-8-16-13(17-12(9)7-14)10-3-5-11(15-2)6-4-10/h3-7,9,12-13H,8H2,1-2H3/t9-,12-,13+/m1/s1. The van der Waals surface area contributed by atoms with Gasteiger partial charge in [0.05, 0.1) is 13.7 Å². The number of hydrogen-bond acceptors (Lipinski definition) is 4. The Balaban J connectivity index is 2.09. The number of carbonyl (C=O) groups excluding carboxylic acids is 1. The van der Waals surface area contributed by atoms with Crippen LogP contribution in [-0.4, -0.2) is 26.1 Å². The minimum absolute atomic E-state index is 0.0991. The highest BCUT2D eigenvalue weighted by Crippen LogP contribution is 2.29. The van der Waals surface area contributed by atoms with E-state index in [1.807, 2.05) is 31.2 Å². The van der Waals surface area contributed by atoms with Crippen LogP contribution < -0.4 is 4.74 Å². The predicted octanol–water partition coefficient (Wildman–Crippen LogP) is 1.94. The molecule has 1 heterocycles. The molecule has 0 saturated carbocycles. The number of carbonyl (C=O) groups is 1. The molecule has 0 spiro atoms. The van der Waals surface area contributed by atoms with E-state index in [0.717, 1.165) is 17.6 Å². The van der Waals surface area contributed by atoms with E-state index in [2.05, 4.69) is 0 Å². The fourth-order valence-corrected chi connectivity index (χ4v) is 1.75. The molecule has 2 rings (SSSR count). The number of hydrogen-bond donors (Lipinski definition) is 0. The topological polar surface area (TPSA) is 44.8 Å². The third kappa shape index (κ3) is 2.65. The maximum absolute atomic E-state index is 10.8. The van der Waals surface area contributed by atoms with Crippen molar-refractivity contribution in [1.29, 1.82) is 0 Å². The Hall–Kier alpha value is -1.39. The number of ether oxygens (including phenoxy) is 3. The first-order chi connectivity index (χ1) is 8.24. The number of aldehydes is 1. The molecule has 0 aromatic heterocycles. The minimum Gasteiger partial charge on any atom is -0.497 e. The third-order valence-electron chi connectivity index (χ3n) is 2.87. The summed E-state index contributed by atoms with van der Waals surface area (Å²) in [5.74, 6) is 0.881. The molecule has 1 fully saturated rings. The van der Waals surface area contributed by atoms with Crippen molar-refractivity contribution in [1.82, 2.24) is 0 Å². The molecule has 0 radical (unpaired) electrons. The molecule has 0 amide bonds. The Kier molecular flexibility index (Phi) is 3.76. The molecular weight excluding hydrogens is 220 g/mol. The van der Waals surface area contributed by atoms with E-state index in [4.69, 9.17) is 14.2 Å². The average Bonchev–Trinajstić information content (AvgIpc) is 2.39. The van der Waals surface area contributed by atoms with Gasteiger partial charge < -0.3 is 19.0 Å². The summed E-state index contributed by atoms with van der Waals surface area (Å²) >= 11 is 0. The summed E-state index contributed by atoms with van der Waals surface area (Å²) in [6.45, 7) is 2.46. The van der Waals surface area contributed by atoms with Gasteiger partial charge in [-0.3, -0.25) is 0 Å². The minimum atomic E-state index is -0.465. The Labute approximate surface area is 100 Å². The van der Waals surface area contributed by atoms with E-state index in [1.54, 1.807) is 7.11 Å². The first-order valence-electron chi connectivity index (χ1n) is 5.61. The summed E-state index contributed by atoms with van der Waals surface area (Å²) in [7, 11) is 1.62. The van der Waals surface area contributed by atoms with Gasteiger partial charge in [-0.25, -0.2) is 0 Å². The molecule has 0 unspecified atom stereocenters. The normalized spacial score (nSPS) is 28.7. The molecule has 3 atom stereocenters. The van der Waals surface area contributed by atoms with Crippen molar-refractivity contribution in [3.8, 4) is 5.75 Å². The van der Waals surface area contributed by atoms with Gasteiger partial charge in [-0.1, -0.05) is 19.1 Å². The highest BCUT2D eigenvalue weighted by Gasteiger charge is 2.29. The third-order valence-corrected chi connectivity index (χ3v) is 2.87. The lowest BCUT2D eigenvalue weighted by Crippen LogP contribution is -2.35. The molecule has 1 aromatic carbocycles. The summed E-state index contributed by atoms with van der Waals surface area (Å²) in [5.41, 5.74) is 0.893. The van der Waals surface area contributed by atoms with Gasteiger partial charge >= 0.3 is 0 Å². The lowest BCUT2D eigenvalue weighted by atomic mass is 10.1. The maximum Gasteiger partial charge on any atom is 0.184 e. The summed E-state index contributed by atoms with van der Waals surface area (Å²) < 4.78 is 16.2. The molecule has 0 N–H and O–H groups in total. The summed E-state index contributed by atoms with van der Waals surface area (Å²) in [6.07, 6.45) is -0.0212. The lowest BCUT2D eigenvalue weighted by Gasteiger charge is -2.32. The second-order valence-corrected chi connectivity index (χ2v) is 4.15. The molecule has 92 valence electrons. The number of rotatable bonds is 3. The summed E-state index contributed by atoms with van der Waals surface area (Å²) in [4.78, 5) is 10.8. The Morgan fingerprint density at radius 1 is 1.35 bits per heavy atom. The van der Waals surface area contributed by atoms with Crippen LogP contribution in [0.15, 0.2) is 24.3 Å². The molecule has 4 nitrogen and oxygen atoms in total. The van der Waals surface area contributed by atoms with Crippen molar-refractivity contribution in [3.05, 3.63) is 29.8 Å². The first-order valence-corrected chi connectivity index (χ1v) is 5.61. The average molecular weight is 236 g/mol. The van der Waals surface area contributed by atoms with Crippen LogP contribution in [0.5, 0.6) is 5.75 Å². The van der Waals surface area contributed by atoms with Crippen molar-refractivity contribution in [2.24, 2.45) is 5.92 Å². The molecule has 17 heavy (non-hydrogen) atoms. The fourth-order valence-electron chi connectivity index (χ4n) is 1.75. The van der Waals surface area contributed by atoms with Gasteiger partial charge in [0.25, 0.3) is 0 Å². The zero-order valence-corrected chi connectivity index (χ0v) is 9.96. The van der Waals surface area contributed by atoms with Crippen LogP contribution in [-0.2, 0) is 14.3 Å². The predicted molar refractivity (Wildman–Crippen MR) is 61.8 cm³/mol. The molecule has 4 heteroatoms. The van der Waals surface area contributed by atoms with Crippen molar-refractivity contribution in [2.45, 2.75) is 19.3 Å². The molecule has 1 aliphatic heterocycles. The highest BCUT2D eigenvalue weighted by molar-refractivity contribution is 5.56. The van der Waals surface area contributed by atoms with Crippen molar-refractivity contribution < 1.29 is 19.0 Å². The lowest BCUT2D eigenvalue weighted by molar-refractivity contribution is -0.230. The van der Waals surface area contributed by atoms with Crippen LogP contribution in [0.1, 0.15) is 18.8 Å². The van der Waals surface area contributed by atoms with Crippen LogP contribution in [0.2, 0.25) is 0 Å². The van der Waals surface area contributed by atoms with Gasteiger partial charge in [-0.05, 0) is 12.1 Å². The monoisotopic (exact) mass is 236 g/mol. The summed E-state index contributed by atoms with van der Waals surface area (Å²) in [5, 5.41) is 0. The van der Waals surface area contributed by atoms with Gasteiger partial charge in [-0.15, -0.1) is 0 Å². The van der Waals surface area contributed by atoms with Gasteiger partial charge in [0, 0.05) is 11.5 Å².